The Labute approximate surface area is 193 Å². The predicted molar refractivity (Wildman–Crippen MR) is 126 cm³/mol. The van der Waals surface area contributed by atoms with Crippen LogP contribution in [0.1, 0.15) is 22.7 Å². The highest BCUT2D eigenvalue weighted by Crippen LogP contribution is 2.40. The Bertz CT molecular complexity index is 1060. The number of hydrogen-bond acceptors (Lipinski definition) is 5. The van der Waals surface area contributed by atoms with Gasteiger partial charge in [-0.3, -0.25) is 9.59 Å². The lowest BCUT2D eigenvalue weighted by Crippen LogP contribution is -2.35. The van der Waals surface area contributed by atoms with E-state index >= 15 is 0 Å². The van der Waals surface area contributed by atoms with Gasteiger partial charge in [-0.15, -0.1) is 0 Å². The second kappa shape index (κ2) is 10.0. The second-order valence-corrected chi connectivity index (χ2v) is 8.36. The van der Waals surface area contributed by atoms with Gasteiger partial charge >= 0.3 is 0 Å². The topological polar surface area (TPSA) is 70.1 Å². The van der Waals surface area contributed by atoms with E-state index < -0.39 is 17.7 Å². The molecule has 0 aromatic heterocycles. The van der Waals surface area contributed by atoms with Crippen LogP contribution in [0.5, 0.6) is 5.75 Å². The summed E-state index contributed by atoms with van der Waals surface area (Å²) in [6.45, 7) is 6.76. The highest BCUT2D eigenvalue weighted by atomic mass is 35.5. The summed E-state index contributed by atoms with van der Waals surface area (Å²) in [6, 6.07) is 11.4. The highest BCUT2D eigenvalue weighted by Gasteiger charge is 2.45. The molecule has 2 aromatic carbocycles. The van der Waals surface area contributed by atoms with Crippen LogP contribution in [-0.4, -0.2) is 60.4 Å². The molecule has 2 aromatic rings. The summed E-state index contributed by atoms with van der Waals surface area (Å²) in [7, 11) is 3.79. The van der Waals surface area contributed by atoms with E-state index in [9.17, 15) is 14.7 Å². The largest absolute Gasteiger partial charge is 0.507 e. The Hall–Kier alpha value is -3.09. The van der Waals surface area contributed by atoms with Gasteiger partial charge in [-0.05, 0) is 62.5 Å². The SMILES string of the molecule is C=CCOc1ccc(C(O)=C2C(=O)C(=O)N(CCN(C)C)[C@@H]2c2ccc(Cl)cc2)cc1C. The molecule has 32 heavy (non-hydrogen) atoms. The molecular formula is C25H27ClN2O4. The van der Waals surface area contributed by atoms with Crippen molar-refractivity contribution in [2.75, 3.05) is 33.8 Å². The zero-order chi connectivity index (χ0) is 23.4. The van der Waals surface area contributed by atoms with Crippen molar-refractivity contribution in [3.8, 4) is 5.75 Å². The van der Waals surface area contributed by atoms with Gasteiger partial charge in [0.2, 0.25) is 0 Å². The van der Waals surface area contributed by atoms with Gasteiger partial charge in [0.15, 0.2) is 0 Å². The third-order valence-electron chi connectivity index (χ3n) is 5.32. The number of halogens is 1. The van der Waals surface area contributed by atoms with Crippen molar-refractivity contribution < 1.29 is 19.4 Å². The maximum absolute atomic E-state index is 13.0. The van der Waals surface area contributed by atoms with E-state index in [1.807, 2.05) is 25.9 Å². The molecule has 7 heteroatoms. The van der Waals surface area contributed by atoms with Crippen LogP contribution in [0, 0.1) is 6.92 Å². The maximum Gasteiger partial charge on any atom is 0.295 e. The zero-order valence-electron chi connectivity index (χ0n) is 18.5. The number of aliphatic hydroxyl groups excluding tert-OH is 1. The molecule has 0 spiro atoms. The van der Waals surface area contributed by atoms with Crippen molar-refractivity contribution in [2.45, 2.75) is 13.0 Å². The molecule has 3 rings (SSSR count). The number of amides is 1. The standard InChI is InChI=1S/C25H27ClN2O4/c1-5-14-32-20-11-8-18(15-16(20)2)23(29)21-22(17-6-9-19(26)10-7-17)28(13-12-27(3)4)25(31)24(21)30/h5-11,15,22,29H,1,12-14H2,2-4H3/t22-/m1/s1. The van der Waals surface area contributed by atoms with Crippen LogP contribution in [0.2, 0.25) is 5.02 Å². The summed E-state index contributed by atoms with van der Waals surface area (Å²) in [4.78, 5) is 29.4. The maximum atomic E-state index is 13.0. The molecule has 1 amide bonds. The first-order valence-corrected chi connectivity index (χ1v) is 10.7. The van der Waals surface area contributed by atoms with Gasteiger partial charge in [-0.25, -0.2) is 0 Å². The summed E-state index contributed by atoms with van der Waals surface area (Å²) >= 11 is 6.04. The van der Waals surface area contributed by atoms with Crippen LogP contribution in [-0.2, 0) is 9.59 Å². The van der Waals surface area contributed by atoms with Crippen molar-refractivity contribution >= 4 is 29.1 Å². The van der Waals surface area contributed by atoms with Crippen molar-refractivity contribution in [3.63, 3.8) is 0 Å². The minimum Gasteiger partial charge on any atom is -0.507 e. The molecular weight excluding hydrogens is 428 g/mol. The van der Waals surface area contributed by atoms with E-state index in [2.05, 4.69) is 6.58 Å². The number of likely N-dealkylation sites (N-methyl/N-ethyl adjacent to an activating group) is 1. The minimum absolute atomic E-state index is 0.0650. The smallest absolute Gasteiger partial charge is 0.295 e. The minimum atomic E-state index is -0.704. The molecule has 0 radical (unpaired) electrons. The Morgan fingerprint density at radius 1 is 1.22 bits per heavy atom. The van der Waals surface area contributed by atoms with E-state index in [-0.39, 0.29) is 11.3 Å². The number of Topliss-reactive ketones (excluding diaryl/α,β-unsaturated/α-hetero) is 1. The van der Waals surface area contributed by atoms with Crippen LogP contribution in [0.4, 0.5) is 0 Å². The monoisotopic (exact) mass is 454 g/mol. The Morgan fingerprint density at radius 3 is 2.50 bits per heavy atom. The quantitative estimate of drug-likeness (QED) is 0.280. The van der Waals surface area contributed by atoms with Crippen molar-refractivity contribution in [3.05, 3.63) is 82.4 Å². The molecule has 1 atom stereocenters. The molecule has 6 nitrogen and oxygen atoms in total. The number of ketones is 1. The predicted octanol–water partition coefficient (Wildman–Crippen LogP) is 4.20. The lowest BCUT2D eigenvalue weighted by Gasteiger charge is -2.26. The normalized spacial score (nSPS) is 17.8. The molecule has 1 N–H and O–H groups in total. The Kier molecular flexibility index (Phi) is 7.38. The van der Waals surface area contributed by atoms with Crippen LogP contribution in [0.25, 0.3) is 5.76 Å². The van der Waals surface area contributed by atoms with Crippen LogP contribution < -0.4 is 4.74 Å². The van der Waals surface area contributed by atoms with Gasteiger partial charge in [0.05, 0.1) is 11.6 Å². The number of hydrogen-bond donors (Lipinski definition) is 1. The number of nitrogens with zero attached hydrogens (tertiary/aromatic N) is 2. The van der Waals surface area contributed by atoms with Crippen molar-refractivity contribution in [2.24, 2.45) is 0 Å². The Balaban J connectivity index is 2.09. The average Bonchev–Trinajstić information content (AvgIpc) is 3.01. The number of rotatable bonds is 8. The van der Waals surface area contributed by atoms with E-state index in [4.69, 9.17) is 16.3 Å². The molecule has 168 valence electrons. The van der Waals surface area contributed by atoms with E-state index in [1.165, 1.54) is 4.90 Å². The van der Waals surface area contributed by atoms with E-state index in [0.29, 0.717) is 41.6 Å². The Morgan fingerprint density at radius 2 is 1.91 bits per heavy atom. The van der Waals surface area contributed by atoms with Gasteiger partial charge in [0.25, 0.3) is 11.7 Å². The number of benzene rings is 2. The van der Waals surface area contributed by atoms with Crippen LogP contribution in [0.15, 0.2) is 60.7 Å². The van der Waals surface area contributed by atoms with E-state index in [0.717, 1.165) is 5.56 Å². The first-order valence-electron chi connectivity index (χ1n) is 10.3. The highest BCUT2D eigenvalue weighted by molar-refractivity contribution is 6.46. The molecule has 0 saturated carbocycles. The lowest BCUT2D eigenvalue weighted by atomic mass is 9.95. The summed E-state index contributed by atoms with van der Waals surface area (Å²) in [5, 5.41) is 11.7. The molecule has 1 saturated heterocycles. The molecule has 0 bridgehead atoms. The number of ether oxygens (including phenoxy) is 1. The van der Waals surface area contributed by atoms with Crippen LogP contribution >= 0.6 is 11.6 Å². The van der Waals surface area contributed by atoms with Gasteiger partial charge < -0.3 is 19.6 Å². The van der Waals surface area contributed by atoms with Gasteiger partial charge in [-0.2, -0.15) is 0 Å². The molecule has 0 unspecified atom stereocenters. The fourth-order valence-corrected chi connectivity index (χ4v) is 3.80. The van der Waals surface area contributed by atoms with Gasteiger partial charge in [-0.1, -0.05) is 36.4 Å². The number of carbonyl (C=O) groups excluding carboxylic acids is 2. The number of aryl methyl sites for hydroxylation is 1. The molecule has 1 aliphatic rings. The summed E-state index contributed by atoms with van der Waals surface area (Å²) in [6.07, 6.45) is 1.65. The molecule has 0 aliphatic carbocycles. The fourth-order valence-electron chi connectivity index (χ4n) is 3.67. The number of likely N-dealkylation sites (tertiary alicyclic amines) is 1. The second-order valence-electron chi connectivity index (χ2n) is 7.93. The van der Waals surface area contributed by atoms with Gasteiger partial charge in [0.1, 0.15) is 18.1 Å². The lowest BCUT2D eigenvalue weighted by molar-refractivity contribution is -0.140. The van der Waals surface area contributed by atoms with Gasteiger partial charge in [0, 0.05) is 23.7 Å². The molecule has 1 fully saturated rings. The molecule has 1 heterocycles. The summed E-state index contributed by atoms with van der Waals surface area (Å²) in [5.41, 5.74) is 2.01. The third-order valence-corrected chi connectivity index (χ3v) is 5.57. The number of carbonyl (C=O) groups is 2. The number of aliphatic hydroxyl groups is 1. The van der Waals surface area contributed by atoms with E-state index in [1.54, 1.807) is 48.5 Å². The zero-order valence-corrected chi connectivity index (χ0v) is 19.2. The van der Waals surface area contributed by atoms with Crippen LogP contribution in [0.3, 0.4) is 0 Å². The fraction of sp³-hybridized carbons (Fsp3) is 0.280. The van der Waals surface area contributed by atoms with Crippen molar-refractivity contribution in [1.29, 1.82) is 0 Å². The first-order chi connectivity index (χ1) is 15.2. The molecule has 1 aliphatic heterocycles. The summed E-state index contributed by atoms with van der Waals surface area (Å²) < 4.78 is 5.60. The first kappa shape index (κ1) is 23.6. The third kappa shape index (κ3) is 4.87. The van der Waals surface area contributed by atoms with Crippen molar-refractivity contribution in [1.82, 2.24) is 9.80 Å². The average molecular weight is 455 g/mol. The summed E-state index contributed by atoms with van der Waals surface area (Å²) in [5.74, 6) is -0.891.